The molecule has 3 N–H and O–H groups in total. The lowest BCUT2D eigenvalue weighted by Gasteiger charge is -2.12. The number of nitrogens with zero attached hydrogens (tertiary/aromatic N) is 1. The van der Waals surface area contributed by atoms with Gasteiger partial charge in [0.1, 0.15) is 5.75 Å². The molecule has 0 unspecified atom stereocenters. The van der Waals surface area contributed by atoms with E-state index in [1.165, 1.54) is 36.8 Å². The van der Waals surface area contributed by atoms with Crippen LogP contribution in [0.2, 0.25) is 0 Å². The van der Waals surface area contributed by atoms with Crippen LogP contribution in [0, 0.1) is 6.92 Å². The first kappa shape index (κ1) is 22.3. The van der Waals surface area contributed by atoms with Gasteiger partial charge in [0.05, 0.1) is 24.0 Å². The largest absolute Gasteiger partial charge is 0.495 e. The van der Waals surface area contributed by atoms with E-state index in [2.05, 4.69) is 15.6 Å². The van der Waals surface area contributed by atoms with Crippen molar-refractivity contribution in [2.45, 2.75) is 13.8 Å². The van der Waals surface area contributed by atoms with E-state index < -0.39 is 18.5 Å². The average molecular weight is 438 g/mol. The number of imidazole rings is 1. The Bertz CT molecular complexity index is 1210. The summed E-state index contributed by atoms with van der Waals surface area (Å²) in [5.41, 5.74) is 2.05. The first-order valence-electron chi connectivity index (χ1n) is 9.58. The van der Waals surface area contributed by atoms with Crippen LogP contribution in [0.4, 0.5) is 11.4 Å². The zero-order chi connectivity index (χ0) is 23.3. The first-order chi connectivity index (χ1) is 15.3. The topological polar surface area (TPSA) is 132 Å². The summed E-state index contributed by atoms with van der Waals surface area (Å²) in [6, 6.07) is 11.0. The SMILES string of the molecule is COc1ccc(NC(C)=O)cc1NC(=O)COC(=O)c1ccc(-n2c(C)c[nH]c2=O)cc1. The molecule has 10 heteroatoms. The molecule has 0 bridgehead atoms. The van der Waals surface area contributed by atoms with Crippen molar-refractivity contribution in [3.8, 4) is 11.4 Å². The summed E-state index contributed by atoms with van der Waals surface area (Å²) < 4.78 is 11.7. The van der Waals surface area contributed by atoms with Gasteiger partial charge in [-0.15, -0.1) is 0 Å². The van der Waals surface area contributed by atoms with Gasteiger partial charge in [0.25, 0.3) is 5.91 Å². The van der Waals surface area contributed by atoms with E-state index in [0.29, 0.717) is 22.8 Å². The Balaban J connectivity index is 1.62. The fourth-order valence-electron chi connectivity index (χ4n) is 3.01. The number of nitrogens with one attached hydrogen (secondary N) is 3. The number of aryl methyl sites for hydroxylation is 1. The maximum Gasteiger partial charge on any atom is 0.338 e. The molecule has 2 aromatic carbocycles. The van der Waals surface area contributed by atoms with Crippen molar-refractivity contribution in [2.24, 2.45) is 0 Å². The number of H-pyrrole nitrogens is 1. The number of anilines is 2. The molecule has 0 saturated carbocycles. The second-order valence-corrected chi connectivity index (χ2v) is 6.84. The molecular weight excluding hydrogens is 416 g/mol. The van der Waals surface area contributed by atoms with E-state index in [1.54, 1.807) is 37.4 Å². The van der Waals surface area contributed by atoms with Crippen LogP contribution in [0.15, 0.2) is 53.5 Å². The van der Waals surface area contributed by atoms with Crippen molar-refractivity contribution in [1.82, 2.24) is 9.55 Å². The maximum absolute atomic E-state index is 12.3. The second kappa shape index (κ2) is 9.65. The quantitative estimate of drug-likeness (QED) is 0.485. The summed E-state index contributed by atoms with van der Waals surface area (Å²) in [5.74, 6) is -1.15. The van der Waals surface area contributed by atoms with Crippen molar-refractivity contribution in [3.05, 3.63) is 70.4 Å². The molecular formula is C22H22N4O6. The number of methoxy groups -OCH3 is 1. The lowest BCUT2D eigenvalue weighted by molar-refractivity contribution is -0.119. The minimum Gasteiger partial charge on any atom is -0.495 e. The fourth-order valence-corrected chi connectivity index (χ4v) is 3.01. The number of amides is 2. The number of carbonyl (C=O) groups is 3. The molecule has 3 aromatic rings. The fraction of sp³-hybridized carbons (Fsp3) is 0.182. The lowest BCUT2D eigenvalue weighted by atomic mass is 10.2. The van der Waals surface area contributed by atoms with Crippen LogP contribution < -0.4 is 21.1 Å². The van der Waals surface area contributed by atoms with E-state index >= 15 is 0 Å². The maximum atomic E-state index is 12.3. The summed E-state index contributed by atoms with van der Waals surface area (Å²) in [7, 11) is 1.44. The number of aromatic nitrogens is 2. The monoisotopic (exact) mass is 438 g/mol. The second-order valence-electron chi connectivity index (χ2n) is 6.84. The number of esters is 1. The molecule has 32 heavy (non-hydrogen) atoms. The van der Waals surface area contributed by atoms with Crippen LogP contribution in [-0.4, -0.2) is 41.1 Å². The van der Waals surface area contributed by atoms with Gasteiger partial charge < -0.3 is 25.1 Å². The van der Waals surface area contributed by atoms with E-state index in [4.69, 9.17) is 9.47 Å². The summed E-state index contributed by atoms with van der Waals surface area (Å²) in [5, 5.41) is 5.20. The van der Waals surface area contributed by atoms with Crippen molar-refractivity contribution in [2.75, 3.05) is 24.4 Å². The van der Waals surface area contributed by atoms with Gasteiger partial charge in [0.15, 0.2) is 6.61 Å². The van der Waals surface area contributed by atoms with Crippen LogP contribution in [0.1, 0.15) is 23.0 Å². The number of carbonyl (C=O) groups excluding carboxylic acids is 3. The number of ether oxygens (including phenoxy) is 2. The minimum atomic E-state index is -0.691. The third-order valence-corrected chi connectivity index (χ3v) is 4.45. The standard InChI is InChI=1S/C22H22N4O6/c1-13-11-23-22(30)26(13)17-7-4-15(5-8-17)21(29)32-12-20(28)25-18-10-16(24-14(2)27)6-9-19(18)31-3/h4-11H,12H2,1-3H3,(H,23,30)(H,24,27)(H,25,28). The zero-order valence-corrected chi connectivity index (χ0v) is 17.7. The molecule has 0 aliphatic heterocycles. The molecule has 0 radical (unpaired) electrons. The van der Waals surface area contributed by atoms with Gasteiger partial charge in [-0.3, -0.25) is 14.2 Å². The summed E-state index contributed by atoms with van der Waals surface area (Å²) in [6.07, 6.45) is 1.59. The molecule has 1 heterocycles. The summed E-state index contributed by atoms with van der Waals surface area (Å²) >= 11 is 0. The molecule has 1 aromatic heterocycles. The van der Waals surface area contributed by atoms with Gasteiger partial charge in [-0.2, -0.15) is 0 Å². The predicted octanol–water partition coefficient (Wildman–Crippen LogP) is 2.24. The van der Waals surface area contributed by atoms with Gasteiger partial charge in [-0.1, -0.05) is 0 Å². The highest BCUT2D eigenvalue weighted by Gasteiger charge is 2.14. The Morgan fingerprint density at radius 2 is 1.78 bits per heavy atom. The van der Waals surface area contributed by atoms with Gasteiger partial charge in [0, 0.05) is 24.5 Å². The summed E-state index contributed by atoms with van der Waals surface area (Å²) in [4.78, 5) is 50.2. The highest BCUT2D eigenvalue weighted by Crippen LogP contribution is 2.27. The lowest BCUT2D eigenvalue weighted by Crippen LogP contribution is -2.21. The van der Waals surface area contributed by atoms with Gasteiger partial charge in [0.2, 0.25) is 5.91 Å². The van der Waals surface area contributed by atoms with Crippen molar-refractivity contribution < 1.29 is 23.9 Å². The van der Waals surface area contributed by atoms with E-state index in [-0.39, 0.29) is 17.2 Å². The number of hydrogen-bond donors (Lipinski definition) is 3. The molecule has 0 aliphatic carbocycles. The van der Waals surface area contributed by atoms with Crippen LogP contribution in [0.3, 0.4) is 0 Å². The van der Waals surface area contributed by atoms with Crippen molar-refractivity contribution in [1.29, 1.82) is 0 Å². The molecule has 0 saturated heterocycles. The van der Waals surface area contributed by atoms with Gasteiger partial charge in [-0.25, -0.2) is 9.59 Å². The third-order valence-electron chi connectivity index (χ3n) is 4.45. The van der Waals surface area contributed by atoms with E-state index in [9.17, 15) is 19.2 Å². The number of benzene rings is 2. The van der Waals surface area contributed by atoms with Crippen LogP contribution >= 0.6 is 0 Å². The minimum absolute atomic E-state index is 0.230. The Kier molecular flexibility index (Phi) is 6.74. The van der Waals surface area contributed by atoms with Crippen LogP contribution in [-0.2, 0) is 14.3 Å². The van der Waals surface area contributed by atoms with E-state index in [1.807, 2.05) is 0 Å². The Morgan fingerprint density at radius 3 is 2.38 bits per heavy atom. The van der Waals surface area contributed by atoms with Crippen LogP contribution in [0.5, 0.6) is 5.75 Å². The van der Waals surface area contributed by atoms with E-state index in [0.717, 1.165) is 5.69 Å². The number of hydrogen-bond acceptors (Lipinski definition) is 6. The third kappa shape index (κ3) is 5.22. The first-order valence-corrected chi connectivity index (χ1v) is 9.58. The molecule has 0 fully saturated rings. The smallest absolute Gasteiger partial charge is 0.338 e. The zero-order valence-electron chi connectivity index (χ0n) is 17.7. The normalized spacial score (nSPS) is 10.3. The highest BCUT2D eigenvalue weighted by atomic mass is 16.5. The highest BCUT2D eigenvalue weighted by molar-refractivity contribution is 5.97. The average Bonchev–Trinajstić information content (AvgIpc) is 3.10. The molecule has 0 aliphatic rings. The number of aromatic amines is 1. The van der Waals surface area contributed by atoms with Crippen LogP contribution in [0.25, 0.3) is 5.69 Å². The number of rotatable bonds is 7. The molecule has 0 atom stereocenters. The molecule has 2 amide bonds. The van der Waals surface area contributed by atoms with Gasteiger partial charge >= 0.3 is 11.7 Å². The Morgan fingerprint density at radius 1 is 1.06 bits per heavy atom. The van der Waals surface area contributed by atoms with Gasteiger partial charge in [-0.05, 0) is 49.4 Å². The van der Waals surface area contributed by atoms with Crippen molar-refractivity contribution >= 4 is 29.2 Å². The predicted molar refractivity (Wildman–Crippen MR) is 117 cm³/mol. The van der Waals surface area contributed by atoms with Crippen molar-refractivity contribution in [3.63, 3.8) is 0 Å². The molecule has 166 valence electrons. The summed E-state index contributed by atoms with van der Waals surface area (Å²) in [6.45, 7) is 2.62. The Labute approximate surface area is 183 Å². The Hall–Kier alpha value is -4.34. The molecule has 10 nitrogen and oxygen atoms in total. The molecule has 3 rings (SSSR count). The molecule has 0 spiro atoms.